The third-order valence-electron chi connectivity index (χ3n) is 7.38. The number of aromatic nitrogens is 2. The van der Waals surface area contributed by atoms with Gasteiger partial charge in [0.2, 0.25) is 5.88 Å². The lowest BCUT2D eigenvalue weighted by molar-refractivity contribution is -0.825. The first kappa shape index (κ1) is 25.5. The standard InChI is InChI=1S/C31H32FN4O2/c1-22-17-25(9-10-27(22)32)26-13-16-36(2,29(18-26)24-7-5-4-6-8-24)20-31(37)35-14-11-23(12-15-35)28-19-30(38-3)34-21-33-28/h4-11,13,17-19,21H,12,14-16,20H2,1-3H3/q+1. The van der Waals surface area contributed by atoms with E-state index in [2.05, 4.69) is 47.4 Å². The van der Waals surface area contributed by atoms with Crippen molar-refractivity contribution in [2.45, 2.75) is 13.3 Å². The van der Waals surface area contributed by atoms with Crippen LogP contribution in [-0.2, 0) is 4.79 Å². The summed E-state index contributed by atoms with van der Waals surface area (Å²) < 4.78 is 19.6. The highest BCUT2D eigenvalue weighted by molar-refractivity contribution is 5.85. The molecule has 5 rings (SSSR count). The van der Waals surface area contributed by atoms with Gasteiger partial charge in [-0.3, -0.25) is 9.28 Å². The van der Waals surface area contributed by atoms with Gasteiger partial charge in [0, 0.05) is 30.8 Å². The molecule has 2 aromatic carbocycles. The molecular weight excluding hydrogens is 479 g/mol. The monoisotopic (exact) mass is 511 g/mol. The molecule has 2 aliphatic heterocycles. The van der Waals surface area contributed by atoms with Crippen molar-refractivity contribution in [3.63, 3.8) is 0 Å². The number of ether oxygens (including phenoxy) is 1. The Morgan fingerprint density at radius 1 is 1.08 bits per heavy atom. The summed E-state index contributed by atoms with van der Waals surface area (Å²) in [5, 5.41) is 0. The van der Waals surface area contributed by atoms with Gasteiger partial charge >= 0.3 is 0 Å². The molecular formula is C31H32FN4O2+. The Labute approximate surface area is 223 Å². The second-order valence-corrected chi connectivity index (χ2v) is 10.0. The van der Waals surface area contributed by atoms with Crippen molar-refractivity contribution in [2.24, 2.45) is 0 Å². The maximum absolute atomic E-state index is 13.9. The van der Waals surface area contributed by atoms with Gasteiger partial charge in [-0.1, -0.05) is 30.3 Å². The number of aryl methyl sites for hydroxylation is 1. The van der Waals surface area contributed by atoms with Gasteiger partial charge in [0.15, 0.2) is 6.54 Å². The number of nitrogens with zero attached hydrogens (tertiary/aromatic N) is 4. The van der Waals surface area contributed by atoms with E-state index in [0.29, 0.717) is 42.1 Å². The van der Waals surface area contributed by atoms with Gasteiger partial charge in [0.25, 0.3) is 5.91 Å². The minimum atomic E-state index is -0.207. The maximum atomic E-state index is 13.9. The number of quaternary nitrogens is 1. The molecule has 0 spiro atoms. The van der Waals surface area contributed by atoms with Gasteiger partial charge in [-0.15, -0.1) is 0 Å². The number of rotatable bonds is 6. The van der Waals surface area contributed by atoms with Crippen LogP contribution in [0.1, 0.15) is 28.8 Å². The molecule has 1 aromatic heterocycles. The van der Waals surface area contributed by atoms with E-state index in [1.807, 2.05) is 41.3 Å². The first-order chi connectivity index (χ1) is 18.4. The third kappa shape index (κ3) is 5.29. The molecule has 0 saturated heterocycles. The number of benzene rings is 2. The molecule has 1 unspecified atom stereocenters. The molecule has 0 N–H and O–H groups in total. The van der Waals surface area contributed by atoms with E-state index in [1.54, 1.807) is 14.0 Å². The van der Waals surface area contributed by atoms with Gasteiger partial charge in [0.05, 0.1) is 19.9 Å². The van der Waals surface area contributed by atoms with Crippen molar-refractivity contribution in [3.8, 4) is 5.88 Å². The van der Waals surface area contributed by atoms with Crippen LogP contribution in [0.2, 0.25) is 0 Å². The highest BCUT2D eigenvalue weighted by Gasteiger charge is 2.35. The van der Waals surface area contributed by atoms with Gasteiger partial charge in [-0.05, 0) is 66.0 Å². The zero-order valence-electron chi connectivity index (χ0n) is 22.0. The average molecular weight is 512 g/mol. The quantitative estimate of drug-likeness (QED) is 0.431. The Hall–Kier alpha value is -4.10. The Morgan fingerprint density at radius 3 is 2.61 bits per heavy atom. The molecule has 1 amide bonds. The SMILES string of the molecule is COc1cc(C2=CCN(C(=O)C[N+]3(C)CC=C(c4ccc(F)c(C)c4)C=C3c3ccccc3)CC2)ncn1. The van der Waals surface area contributed by atoms with E-state index in [1.165, 1.54) is 12.4 Å². The smallest absolute Gasteiger partial charge is 0.278 e. The van der Waals surface area contributed by atoms with Gasteiger partial charge in [-0.25, -0.2) is 14.4 Å². The molecule has 0 bridgehead atoms. The fourth-order valence-electron chi connectivity index (χ4n) is 5.09. The van der Waals surface area contributed by atoms with E-state index in [4.69, 9.17) is 4.74 Å². The predicted octanol–water partition coefficient (Wildman–Crippen LogP) is 5.13. The van der Waals surface area contributed by atoms with E-state index in [-0.39, 0.29) is 11.7 Å². The molecule has 0 saturated carbocycles. The first-order valence-electron chi connectivity index (χ1n) is 12.8. The Bertz CT molecular complexity index is 1450. The summed E-state index contributed by atoms with van der Waals surface area (Å²) in [5.74, 6) is 0.431. The second-order valence-electron chi connectivity index (χ2n) is 10.0. The number of hydrogen-bond donors (Lipinski definition) is 0. The zero-order valence-corrected chi connectivity index (χ0v) is 22.0. The van der Waals surface area contributed by atoms with Gasteiger partial charge in [0.1, 0.15) is 24.4 Å². The molecule has 3 heterocycles. The number of methoxy groups -OCH3 is 1. The molecule has 0 fully saturated rings. The summed E-state index contributed by atoms with van der Waals surface area (Å²) in [7, 11) is 3.70. The van der Waals surface area contributed by atoms with Gasteiger partial charge < -0.3 is 9.64 Å². The van der Waals surface area contributed by atoms with Crippen molar-refractivity contribution in [1.29, 1.82) is 0 Å². The van der Waals surface area contributed by atoms with Gasteiger partial charge in [-0.2, -0.15) is 0 Å². The summed E-state index contributed by atoms with van der Waals surface area (Å²) in [6, 6.07) is 17.2. The largest absolute Gasteiger partial charge is 0.481 e. The minimum absolute atomic E-state index is 0.111. The van der Waals surface area contributed by atoms with E-state index in [9.17, 15) is 9.18 Å². The number of carbonyl (C=O) groups is 1. The Kier molecular flexibility index (Phi) is 7.20. The first-order valence-corrected chi connectivity index (χ1v) is 12.8. The number of halogens is 1. The molecule has 1 atom stereocenters. The predicted molar refractivity (Wildman–Crippen MR) is 147 cm³/mol. The van der Waals surface area contributed by atoms with Crippen LogP contribution in [-0.4, -0.2) is 65.6 Å². The molecule has 7 heteroatoms. The number of likely N-dealkylation sites (N-methyl/N-ethyl adjacent to an activating group) is 1. The Morgan fingerprint density at radius 2 is 1.89 bits per heavy atom. The molecule has 3 aromatic rings. The van der Waals surface area contributed by atoms with E-state index in [0.717, 1.165) is 40.1 Å². The van der Waals surface area contributed by atoms with E-state index >= 15 is 0 Å². The fraction of sp³-hybridized carbons (Fsp3) is 0.258. The molecule has 194 valence electrons. The van der Waals surface area contributed by atoms with Crippen LogP contribution in [0.4, 0.5) is 4.39 Å². The second kappa shape index (κ2) is 10.7. The van der Waals surface area contributed by atoms with Crippen LogP contribution in [0.3, 0.4) is 0 Å². The van der Waals surface area contributed by atoms with Crippen molar-refractivity contribution < 1.29 is 18.4 Å². The Balaban J connectivity index is 1.37. The molecule has 0 aliphatic carbocycles. The van der Waals surface area contributed by atoms with Crippen LogP contribution >= 0.6 is 0 Å². The lowest BCUT2D eigenvalue weighted by Crippen LogP contribution is -2.51. The topological polar surface area (TPSA) is 55.3 Å². The van der Waals surface area contributed by atoms with Crippen LogP contribution < -0.4 is 4.74 Å². The highest BCUT2D eigenvalue weighted by atomic mass is 19.1. The fourth-order valence-corrected chi connectivity index (χ4v) is 5.09. The molecule has 2 aliphatic rings. The number of allylic oxidation sites excluding steroid dienone is 2. The lowest BCUT2D eigenvalue weighted by Gasteiger charge is -2.39. The van der Waals surface area contributed by atoms with Crippen molar-refractivity contribution in [1.82, 2.24) is 14.9 Å². The maximum Gasteiger partial charge on any atom is 0.278 e. The third-order valence-corrected chi connectivity index (χ3v) is 7.38. The molecule has 6 nitrogen and oxygen atoms in total. The minimum Gasteiger partial charge on any atom is -0.481 e. The van der Waals surface area contributed by atoms with Crippen LogP contribution in [0.25, 0.3) is 16.8 Å². The summed E-state index contributed by atoms with van der Waals surface area (Å²) in [6.07, 6.45) is 8.60. The normalized spacial score (nSPS) is 19.4. The highest BCUT2D eigenvalue weighted by Crippen LogP contribution is 2.35. The summed E-state index contributed by atoms with van der Waals surface area (Å²) in [6.45, 7) is 3.96. The number of hydrogen-bond acceptors (Lipinski definition) is 4. The zero-order chi connectivity index (χ0) is 26.7. The summed E-state index contributed by atoms with van der Waals surface area (Å²) in [4.78, 5) is 23.9. The van der Waals surface area contributed by atoms with Crippen molar-refractivity contribution >= 4 is 22.8 Å². The van der Waals surface area contributed by atoms with Crippen LogP contribution in [0.15, 0.2) is 79.2 Å². The van der Waals surface area contributed by atoms with Crippen LogP contribution in [0.5, 0.6) is 5.88 Å². The van der Waals surface area contributed by atoms with Crippen molar-refractivity contribution in [3.05, 3.63) is 107 Å². The van der Waals surface area contributed by atoms with Crippen molar-refractivity contribution in [2.75, 3.05) is 40.3 Å². The molecule has 38 heavy (non-hydrogen) atoms. The average Bonchev–Trinajstić information content (AvgIpc) is 2.95. The summed E-state index contributed by atoms with van der Waals surface area (Å²) >= 11 is 0. The number of carbonyl (C=O) groups excluding carboxylic acids is 1. The lowest BCUT2D eigenvalue weighted by atomic mass is 9.95. The number of amides is 1. The van der Waals surface area contributed by atoms with Crippen LogP contribution in [0, 0.1) is 12.7 Å². The molecule has 0 radical (unpaired) electrons. The van der Waals surface area contributed by atoms with E-state index < -0.39 is 0 Å². The summed E-state index contributed by atoms with van der Waals surface area (Å²) in [5.41, 5.74) is 6.72.